The van der Waals surface area contributed by atoms with Crippen molar-refractivity contribution in [3.8, 4) is 0 Å². The van der Waals surface area contributed by atoms with Crippen LogP contribution in [0.1, 0.15) is 45.1 Å². The molecule has 10 heteroatoms. The smallest absolute Gasteiger partial charge is 0.243 e. The van der Waals surface area contributed by atoms with Crippen LogP contribution < -0.4 is 5.32 Å². The van der Waals surface area contributed by atoms with Crippen LogP contribution in [0.5, 0.6) is 0 Å². The fourth-order valence-electron chi connectivity index (χ4n) is 3.85. The Bertz CT molecular complexity index is 1210. The topological polar surface area (TPSA) is 102 Å². The Morgan fingerprint density at radius 1 is 1.16 bits per heavy atom. The lowest BCUT2D eigenvalue weighted by Gasteiger charge is -2.18. The van der Waals surface area contributed by atoms with Gasteiger partial charge in [-0.3, -0.25) is 9.48 Å². The van der Waals surface area contributed by atoms with Gasteiger partial charge in [0, 0.05) is 45.6 Å². The van der Waals surface area contributed by atoms with Crippen molar-refractivity contribution in [1.82, 2.24) is 23.6 Å². The van der Waals surface area contributed by atoms with Gasteiger partial charge in [-0.1, -0.05) is 20.8 Å². The number of nitrogens with zero attached hydrogens (tertiary/aromatic N) is 5. The van der Waals surface area contributed by atoms with Gasteiger partial charge in [0.25, 0.3) is 0 Å². The molecule has 0 aliphatic rings. The number of benzene rings is 1. The normalized spacial score (nSPS) is 12.1. The maximum absolute atomic E-state index is 12.9. The molecule has 9 nitrogen and oxygen atoms in total. The first-order valence-electron chi connectivity index (χ1n) is 11.0. The quantitative estimate of drug-likeness (QED) is 0.501. The first kappa shape index (κ1) is 23.9. The number of carbonyl (C=O) groups excluding carboxylic acids is 1. The van der Waals surface area contributed by atoms with Crippen molar-refractivity contribution in [2.75, 3.05) is 18.4 Å². The van der Waals surface area contributed by atoms with E-state index in [-0.39, 0.29) is 17.2 Å². The van der Waals surface area contributed by atoms with Crippen LogP contribution >= 0.6 is 0 Å². The number of aryl methyl sites for hydroxylation is 4. The summed E-state index contributed by atoms with van der Waals surface area (Å²) in [6.45, 7) is 9.17. The van der Waals surface area contributed by atoms with E-state index in [9.17, 15) is 13.2 Å². The summed E-state index contributed by atoms with van der Waals surface area (Å²) >= 11 is 0. The number of nitrogens with one attached hydrogen (secondary N) is 1. The van der Waals surface area contributed by atoms with Gasteiger partial charge in [-0.25, -0.2) is 13.4 Å². The van der Waals surface area contributed by atoms with E-state index in [1.807, 2.05) is 32.9 Å². The van der Waals surface area contributed by atoms with Gasteiger partial charge in [0.15, 0.2) is 0 Å². The summed E-state index contributed by atoms with van der Waals surface area (Å²) in [7, 11) is -1.77. The van der Waals surface area contributed by atoms with Crippen LogP contribution in [0, 0.1) is 6.92 Å². The van der Waals surface area contributed by atoms with E-state index in [1.54, 1.807) is 23.9 Å². The summed E-state index contributed by atoms with van der Waals surface area (Å²) in [6, 6.07) is 6.92. The molecule has 0 spiro atoms. The zero-order chi connectivity index (χ0) is 23.5. The first-order chi connectivity index (χ1) is 15.2. The number of hydrogen-bond donors (Lipinski definition) is 1. The van der Waals surface area contributed by atoms with E-state index in [0.29, 0.717) is 30.8 Å². The second kappa shape index (κ2) is 9.83. The Hall–Kier alpha value is -2.72. The van der Waals surface area contributed by atoms with Gasteiger partial charge < -0.3 is 9.88 Å². The third-order valence-electron chi connectivity index (χ3n) is 5.43. The van der Waals surface area contributed by atoms with Crippen LogP contribution in [-0.4, -0.2) is 51.1 Å². The lowest BCUT2D eigenvalue weighted by Crippen LogP contribution is -2.30. The van der Waals surface area contributed by atoms with Crippen LogP contribution in [0.3, 0.4) is 0 Å². The summed E-state index contributed by atoms with van der Waals surface area (Å²) in [5, 5.41) is 7.12. The maximum atomic E-state index is 12.9. The van der Waals surface area contributed by atoms with Crippen LogP contribution in [0.25, 0.3) is 11.0 Å². The fourth-order valence-corrected chi connectivity index (χ4v) is 5.33. The summed E-state index contributed by atoms with van der Waals surface area (Å²) in [4.78, 5) is 17.4. The molecule has 1 N–H and O–H groups in total. The zero-order valence-corrected chi connectivity index (χ0v) is 20.2. The molecule has 0 atom stereocenters. The predicted molar refractivity (Wildman–Crippen MR) is 125 cm³/mol. The maximum Gasteiger partial charge on any atom is 0.243 e. The lowest BCUT2D eigenvalue weighted by atomic mass is 10.2. The monoisotopic (exact) mass is 460 g/mol. The zero-order valence-electron chi connectivity index (χ0n) is 19.4. The second-order valence-electron chi connectivity index (χ2n) is 7.76. The van der Waals surface area contributed by atoms with Crippen molar-refractivity contribution in [3.05, 3.63) is 35.8 Å². The second-order valence-corrected chi connectivity index (χ2v) is 9.70. The largest absolute Gasteiger partial charge is 0.328 e. The molecule has 0 saturated carbocycles. The number of amides is 1. The number of aromatic nitrogens is 4. The summed E-state index contributed by atoms with van der Waals surface area (Å²) < 4.78 is 31.0. The van der Waals surface area contributed by atoms with Crippen molar-refractivity contribution >= 4 is 32.8 Å². The minimum absolute atomic E-state index is 0.118. The Morgan fingerprint density at radius 2 is 1.88 bits per heavy atom. The van der Waals surface area contributed by atoms with Gasteiger partial charge in [-0.2, -0.15) is 9.40 Å². The van der Waals surface area contributed by atoms with Crippen LogP contribution in [0.4, 0.5) is 5.82 Å². The van der Waals surface area contributed by atoms with Crippen molar-refractivity contribution in [3.63, 3.8) is 0 Å². The Kier molecular flexibility index (Phi) is 7.35. The van der Waals surface area contributed by atoms with Gasteiger partial charge in [0.05, 0.1) is 21.6 Å². The van der Waals surface area contributed by atoms with Crippen LogP contribution in [0.2, 0.25) is 0 Å². The minimum atomic E-state index is -3.56. The molecule has 0 aliphatic heterocycles. The molecule has 3 rings (SSSR count). The number of carbonyl (C=O) groups is 1. The van der Waals surface area contributed by atoms with Crippen molar-refractivity contribution in [2.24, 2.45) is 7.05 Å². The van der Waals surface area contributed by atoms with E-state index < -0.39 is 10.0 Å². The van der Waals surface area contributed by atoms with E-state index >= 15 is 0 Å². The molecule has 0 unspecified atom stereocenters. The van der Waals surface area contributed by atoms with Gasteiger partial charge in [0.1, 0.15) is 11.6 Å². The van der Waals surface area contributed by atoms with Gasteiger partial charge in [-0.15, -0.1) is 0 Å². The molecule has 1 aromatic carbocycles. The van der Waals surface area contributed by atoms with Gasteiger partial charge in [-0.05, 0) is 31.5 Å². The highest BCUT2D eigenvalue weighted by Crippen LogP contribution is 2.24. The number of rotatable bonds is 10. The molecule has 174 valence electrons. The SMILES string of the molecule is CCCn1c(CCC(=O)Nc2cc(C)nn2C)nc2cc(S(=O)(=O)N(CC)CC)ccc21. The highest BCUT2D eigenvalue weighted by atomic mass is 32.2. The molecule has 0 bridgehead atoms. The van der Waals surface area contributed by atoms with Crippen molar-refractivity contribution in [1.29, 1.82) is 0 Å². The number of hydrogen-bond acceptors (Lipinski definition) is 5. The molecule has 3 aromatic rings. The van der Waals surface area contributed by atoms with Gasteiger partial charge >= 0.3 is 0 Å². The average molecular weight is 461 g/mol. The van der Waals surface area contributed by atoms with Crippen molar-refractivity contribution in [2.45, 2.75) is 58.4 Å². The molecule has 0 fully saturated rings. The van der Waals surface area contributed by atoms with Gasteiger partial charge in [0.2, 0.25) is 15.9 Å². The number of anilines is 1. The number of sulfonamides is 1. The molecule has 2 heterocycles. The number of fused-ring (bicyclic) bond motifs is 1. The average Bonchev–Trinajstić information content (AvgIpc) is 3.25. The van der Waals surface area contributed by atoms with E-state index in [1.165, 1.54) is 4.31 Å². The van der Waals surface area contributed by atoms with Crippen molar-refractivity contribution < 1.29 is 13.2 Å². The van der Waals surface area contributed by atoms with E-state index in [0.717, 1.165) is 30.0 Å². The highest BCUT2D eigenvalue weighted by Gasteiger charge is 2.23. The first-order valence-corrected chi connectivity index (χ1v) is 12.4. The summed E-state index contributed by atoms with van der Waals surface area (Å²) in [5.74, 6) is 1.31. The molecular weight excluding hydrogens is 428 g/mol. The van der Waals surface area contributed by atoms with E-state index in [4.69, 9.17) is 4.98 Å². The molecule has 32 heavy (non-hydrogen) atoms. The predicted octanol–water partition coefficient (Wildman–Crippen LogP) is 3.09. The number of imidazole rings is 1. The minimum Gasteiger partial charge on any atom is -0.328 e. The molecule has 1 amide bonds. The fraction of sp³-hybridized carbons (Fsp3) is 0.500. The Morgan fingerprint density at radius 3 is 2.47 bits per heavy atom. The summed E-state index contributed by atoms with van der Waals surface area (Å²) in [6.07, 6.45) is 1.62. The van der Waals surface area contributed by atoms with Crippen LogP contribution in [0.15, 0.2) is 29.2 Å². The van der Waals surface area contributed by atoms with E-state index in [2.05, 4.69) is 21.9 Å². The third kappa shape index (κ3) is 4.86. The molecule has 2 aromatic heterocycles. The van der Waals surface area contributed by atoms with Crippen LogP contribution in [-0.2, 0) is 34.8 Å². The highest BCUT2D eigenvalue weighted by molar-refractivity contribution is 7.89. The third-order valence-corrected chi connectivity index (χ3v) is 7.48. The Labute approximate surface area is 189 Å². The summed E-state index contributed by atoms with van der Waals surface area (Å²) in [5.41, 5.74) is 2.34. The molecule has 0 aliphatic carbocycles. The lowest BCUT2D eigenvalue weighted by molar-refractivity contribution is -0.116. The Balaban J connectivity index is 1.85. The molecular formula is C22H32N6O3S. The molecule has 0 radical (unpaired) electrons. The molecule has 0 saturated heterocycles. The standard InChI is InChI=1S/C22H32N6O3S/c1-6-13-28-19-10-9-17(32(30,31)27(7-2)8-3)15-18(19)23-20(28)11-12-22(29)24-21-14-16(4)25-26(21)5/h9-10,14-15H,6-8,11-13H2,1-5H3,(H,24,29).